The number of thiazole rings is 1. The number of nitrogens with one attached hydrogen (secondary N) is 1. The fourth-order valence-corrected chi connectivity index (χ4v) is 3.40. The Kier molecular flexibility index (Phi) is 4.22. The van der Waals surface area contributed by atoms with Crippen LogP contribution in [0.15, 0.2) is 42.0 Å². The van der Waals surface area contributed by atoms with Gasteiger partial charge in [0.25, 0.3) is 0 Å². The minimum Gasteiger partial charge on any atom is -0.481 e. The molecule has 26 heavy (non-hydrogen) atoms. The number of nitrogens with zero attached hydrogens (tertiary/aromatic N) is 4. The largest absolute Gasteiger partial charge is 0.481 e. The molecule has 0 saturated carbocycles. The van der Waals surface area contributed by atoms with Gasteiger partial charge in [0, 0.05) is 46.0 Å². The molecule has 0 saturated heterocycles. The van der Waals surface area contributed by atoms with Gasteiger partial charge < -0.3 is 10.1 Å². The lowest BCUT2D eigenvalue weighted by atomic mass is 10.0. The first-order chi connectivity index (χ1) is 12.6. The number of methoxy groups -OCH3 is 1. The molecule has 0 fully saturated rings. The lowest BCUT2D eigenvalue weighted by molar-refractivity contribution is 0.398. The van der Waals surface area contributed by atoms with Crippen molar-refractivity contribution in [2.75, 3.05) is 12.4 Å². The summed E-state index contributed by atoms with van der Waals surface area (Å²) in [6, 6.07) is 7.88. The molecule has 0 aliphatic rings. The van der Waals surface area contributed by atoms with Crippen LogP contribution >= 0.6 is 11.3 Å². The molecule has 0 atom stereocenters. The number of aryl methyl sites for hydroxylation is 2. The third-order valence-corrected chi connectivity index (χ3v) is 4.85. The maximum atomic E-state index is 5.14. The van der Waals surface area contributed by atoms with Crippen LogP contribution in [0, 0.1) is 13.8 Å². The first kappa shape index (κ1) is 16.4. The summed E-state index contributed by atoms with van der Waals surface area (Å²) in [5, 5.41) is 7.10. The molecule has 0 bridgehead atoms. The van der Waals surface area contributed by atoms with E-state index in [4.69, 9.17) is 9.72 Å². The van der Waals surface area contributed by atoms with E-state index in [1.165, 1.54) is 0 Å². The number of ether oxygens (including phenoxy) is 1. The van der Waals surface area contributed by atoms with Crippen molar-refractivity contribution in [2.45, 2.75) is 13.8 Å². The molecule has 4 aromatic heterocycles. The van der Waals surface area contributed by atoms with Gasteiger partial charge in [-0.25, -0.2) is 19.9 Å². The molecule has 0 radical (unpaired) electrons. The molecule has 1 N–H and O–H groups in total. The Morgan fingerprint density at radius 2 is 1.85 bits per heavy atom. The van der Waals surface area contributed by atoms with Crippen LogP contribution in [0.25, 0.3) is 22.0 Å². The molecule has 4 rings (SSSR count). The van der Waals surface area contributed by atoms with Crippen LogP contribution in [0.2, 0.25) is 0 Å². The molecule has 0 spiro atoms. The maximum Gasteiger partial charge on any atom is 0.212 e. The zero-order valence-corrected chi connectivity index (χ0v) is 15.5. The molecule has 4 heterocycles. The lowest BCUT2D eigenvalue weighted by Gasteiger charge is -2.11. The lowest BCUT2D eigenvalue weighted by Crippen LogP contribution is -1.98. The fraction of sp³-hybridized carbons (Fsp3) is 0.158. The Bertz CT molecular complexity index is 1080. The molecule has 0 aliphatic heterocycles. The van der Waals surface area contributed by atoms with Gasteiger partial charge in [0.15, 0.2) is 10.9 Å². The van der Waals surface area contributed by atoms with Gasteiger partial charge in [0.2, 0.25) is 5.88 Å². The van der Waals surface area contributed by atoms with Crippen LogP contribution in [-0.4, -0.2) is 27.0 Å². The third-order valence-electron chi connectivity index (χ3n) is 3.97. The predicted molar refractivity (Wildman–Crippen MR) is 104 cm³/mol. The van der Waals surface area contributed by atoms with Crippen molar-refractivity contribution in [3.05, 3.63) is 53.4 Å². The second-order valence-electron chi connectivity index (χ2n) is 5.88. The van der Waals surface area contributed by atoms with E-state index in [9.17, 15) is 0 Å². The molecule has 130 valence electrons. The van der Waals surface area contributed by atoms with Crippen LogP contribution in [0.3, 0.4) is 0 Å². The Morgan fingerprint density at radius 1 is 0.962 bits per heavy atom. The van der Waals surface area contributed by atoms with Gasteiger partial charge in [0.1, 0.15) is 5.52 Å². The van der Waals surface area contributed by atoms with E-state index >= 15 is 0 Å². The molecule has 0 aliphatic carbocycles. The zero-order valence-electron chi connectivity index (χ0n) is 14.6. The molecule has 0 aromatic carbocycles. The quantitative estimate of drug-likeness (QED) is 0.575. The van der Waals surface area contributed by atoms with Crippen molar-refractivity contribution >= 4 is 33.2 Å². The number of pyridine rings is 3. The molecular formula is C19H17N5OS. The highest BCUT2D eigenvalue weighted by molar-refractivity contribution is 7.13. The van der Waals surface area contributed by atoms with Crippen molar-refractivity contribution < 1.29 is 4.74 Å². The van der Waals surface area contributed by atoms with E-state index in [-0.39, 0.29) is 0 Å². The first-order valence-electron chi connectivity index (χ1n) is 8.10. The third kappa shape index (κ3) is 3.09. The Morgan fingerprint density at radius 3 is 2.54 bits per heavy atom. The first-order valence-corrected chi connectivity index (χ1v) is 8.98. The van der Waals surface area contributed by atoms with Crippen molar-refractivity contribution in [3.8, 4) is 17.0 Å². The van der Waals surface area contributed by atoms with Crippen LogP contribution < -0.4 is 10.1 Å². The van der Waals surface area contributed by atoms with Gasteiger partial charge in [-0.2, -0.15) is 0 Å². The fourth-order valence-electron chi connectivity index (χ4n) is 2.71. The van der Waals surface area contributed by atoms with E-state index in [1.54, 1.807) is 24.6 Å². The van der Waals surface area contributed by atoms with Gasteiger partial charge in [0.05, 0.1) is 12.8 Å². The van der Waals surface area contributed by atoms with Gasteiger partial charge in [-0.15, -0.1) is 11.3 Å². The average molecular weight is 363 g/mol. The molecule has 0 amide bonds. The topological polar surface area (TPSA) is 72.8 Å². The highest BCUT2D eigenvalue weighted by Crippen LogP contribution is 2.32. The van der Waals surface area contributed by atoms with Crippen LogP contribution in [0.4, 0.5) is 10.9 Å². The number of fused-ring (bicyclic) bond motifs is 1. The number of hydrogen-bond acceptors (Lipinski definition) is 7. The van der Waals surface area contributed by atoms with Gasteiger partial charge >= 0.3 is 0 Å². The molecule has 4 aromatic rings. The minimum absolute atomic E-state index is 0.581. The normalized spacial score (nSPS) is 10.9. The summed E-state index contributed by atoms with van der Waals surface area (Å²) in [7, 11) is 1.60. The number of rotatable bonds is 4. The van der Waals surface area contributed by atoms with Crippen molar-refractivity contribution in [3.63, 3.8) is 0 Å². The van der Waals surface area contributed by atoms with E-state index in [2.05, 4.69) is 26.3 Å². The minimum atomic E-state index is 0.581. The number of aromatic nitrogens is 4. The predicted octanol–water partition coefficient (Wildman–Crippen LogP) is 4.52. The SMILES string of the molecule is COc1ccc(-c2cnc(Nc3nc(C)cs3)c3nc(C)ccc23)cn1. The highest BCUT2D eigenvalue weighted by atomic mass is 32.1. The van der Waals surface area contributed by atoms with Crippen LogP contribution in [0.5, 0.6) is 5.88 Å². The monoisotopic (exact) mass is 363 g/mol. The molecular weight excluding hydrogens is 346 g/mol. The van der Waals surface area contributed by atoms with Gasteiger partial charge in [-0.05, 0) is 26.0 Å². The molecule has 6 nitrogen and oxygen atoms in total. The molecule has 0 unspecified atom stereocenters. The van der Waals surface area contributed by atoms with Crippen LogP contribution in [-0.2, 0) is 0 Å². The summed E-state index contributed by atoms with van der Waals surface area (Å²) < 4.78 is 5.14. The summed E-state index contributed by atoms with van der Waals surface area (Å²) in [5.41, 5.74) is 4.66. The second kappa shape index (κ2) is 6.68. The molecule has 7 heteroatoms. The van der Waals surface area contributed by atoms with Gasteiger partial charge in [-0.1, -0.05) is 6.07 Å². The van der Waals surface area contributed by atoms with Crippen molar-refractivity contribution in [1.29, 1.82) is 0 Å². The van der Waals surface area contributed by atoms with Crippen LogP contribution in [0.1, 0.15) is 11.4 Å². The number of anilines is 2. The standard InChI is InChI=1S/C19H17N5OS/c1-11-4-6-14-15(13-5-7-16(25-3)20-8-13)9-21-18(17(14)22-11)24-19-23-12(2)10-26-19/h4-10H,1-3H3,(H,21,23,24). The maximum absolute atomic E-state index is 5.14. The van der Waals surface area contributed by atoms with E-state index in [0.29, 0.717) is 11.7 Å². The van der Waals surface area contributed by atoms with Gasteiger partial charge in [-0.3, -0.25) is 0 Å². The summed E-state index contributed by atoms with van der Waals surface area (Å²) >= 11 is 1.55. The van der Waals surface area contributed by atoms with Crippen molar-refractivity contribution in [2.24, 2.45) is 0 Å². The summed E-state index contributed by atoms with van der Waals surface area (Å²) in [6.45, 7) is 3.94. The van der Waals surface area contributed by atoms with Crippen molar-refractivity contribution in [1.82, 2.24) is 19.9 Å². The van der Waals surface area contributed by atoms with E-state index < -0.39 is 0 Å². The Labute approximate surface area is 155 Å². The summed E-state index contributed by atoms with van der Waals surface area (Å²) in [6.07, 6.45) is 3.62. The Hall–Kier alpha value is -3.06. The van der Waals surface area contributed by atoms with E-state index in [0.717, 1.165) is 38.5 Å². The smallest absolute Gasteiger partial charge is 0.212 e. The summed E-state index contributed by atoms with van der Waals surface area (Å²) in [5.74, 6) is 1.28. The number of hydrogen-bond donors (Lipinski definition) is 1. The van der Waals surface area contributed by atoms with E-state index in [1.807, 2.05) is 43.6 Å². The Balaban J connectivity index is 1.84. The highest BCUT2D eigenvalue weighted by Gasteiger charge is 2.13. The average Bonchev–Trinajstić information content (AvgIpc) is 3.07. The second-order valence-corrected chi connectivity index (χ2v) is 6.74. The summed E-state index contributed by atoms with van der Waals surface area (Å²) in [4.78, 5) is 18.1. The zero-order chi connectivity index (χ0) is 18.1.